The zero-order valence-corrected chi connectivity index (χ0v) is 26.2. The van der Waals surface area contributed by atoms with Gasteiger partial charge in [0, 0.05) is 57.3 Å². The van der Waals surface area contributed by atoms with Crippen molar-refractivity contribution in [3.8, 4) is 12.1 Å². The Kier molecular flexibility index (Phi) is 7.80. The summed E-state index contributed by atoms with van der Waals surface area (Å²) in [5, 5.41) is 22.9. The number of rotatable bonds is 6. The third kappa shape index (κ3) is 5.80. The van der Waals surface area contributed by atoms with E-state index in [0.29, 0.717) is 0 Å². The third-order valence-electron chi connectivity index (χ3n) is 7.43. The second-order valence-corrected chi connectivity index (χ2v) is 14.5. The van der Waals surface area contributed by atoms with Crippen molar-refractivity contribution in [2.45, 2.75) is 43.4 Å². The quantitative estimate of drug-likeness (QED) is 0.182. The number of nitrogens with zero attached hydrogens (tertiary/aromatic N) is 3. The molecule has 1 aliphatic carbocycles. The van der Waals surface area contributed by atoms with Crippen LogP contribution in [0.15, 0.2) is 117 Å². The van der Waals surface area contributed by atoms with E-state index in [0.717, 1.165) is 38.9 Å². The molecule has 0 N–H and O–H groups in total. The van der Waals surface area contributed by atoms with Crippen molar-refractivity contribution in [2.75, 3.05) is 4.90 Å². The van der Waals surface area contributed by atoms with Crippen molar-refractivity contribution < 1.29 is 0 Å². The van der Waals surface area contributed by atoms with Crippen molar-refractivity contribution in [3.05, 3.63) is 112 Å². The van der Waals surface area contributed by atoms with E-state index in [1.807, 2.05) is 29.5 Å². The maximum Gasteiger partial charge on any atom is 0.131 e. The van der Waals surface area contributed by atoms with Crippen LogP contribution in [0.2, 0.25) is 0 Å². The minimum absolute atomic E-state index is 0.117. The van der Waals surface area contributed by atoms with Gasteiger partial charge in [-0.3, -0.25) is 0 Å². The number of hydrogen-bond donors (Lipinski definition) is 0. The average molecular weight is 600 g/mol. The molecule has 42 heavy (non-hydrogen) atoms. The van der Waals surface area contributed by atoms with Crippen LogP contribution in [0.5, 0.6) is 0 Å². The summed E-state index contributed by atoms with van der Waals surface area (Å²) in [5.41, 5.74) is 5.33. The Balaban J connectivity index is 1.40. The van der Waals surface area contributed by atoms with Gasteiger partial charge < -0.3 is 4.90 Å². The second-order valence-electron chi connectivity index (χ2n) is 11.3. The van der Waals surface area contributed by atoms with Gasteiger partial charge in [-0.15, -0.1) is 22.7 Å². The molecule has 0 spiro atoms. The van der Waals surface area contributed by atoms with E-state index >= 15 is 0 Å². The Bertz CT molecular complexity index is 1970. The lowest BCUT2D eigenvalue weighted by molar-refractivity contribution is 0.479. The minimum Gasteiger partial charge on any atom is -0.314 e. The summed E-state index contributed by atoms with van der Waals surface area (Å²) >= 11 is 5.07. The zero-order valence-electron chi connectivity index (χ0n) is 23.7. The summed E-state index contributed by atoms with van der Waals surface area (Å²) in [6.07, 6.45) is 8.29. The molecule has 6 heteroatoms. The van der Waals surface area contributed by atoms with Crippen LogP contribution in [-0.4, -0.2) is 0 Å². The number of benzene rings is 3. The largest absolute Gasteiger partial charge is 0.314 e. The Labute approximate surface area is 259 Å². The van der Waals surface area contributed by atoms with Gasteiger partial charge in [0.15, 0.2) is 0 Å². The van der Waals surface area contributed by atoms with Gasteiger partial charge in [0.05, 0.1) is 0 Å². The van der Waals surface area contributed by atoms with Crippen LogP contribution in [0.1, 0.15) is 38.5 Å². The average Bonchev–Trinajstić information content (AvgIpc) is 3.59. The fourth-order valence-corrected chi connectivity index (χ4v) is 8.27. The van der Waals surface area contributed by atoms with E-state index < -0.39 is 0 Å². The van der Waals surface area contributed by atoms with Crippen molar-refractivity contribution in [3.63, 3.8) is 0 Å². The van der Waals surface area contributed by atoms with Gasteiger partial charge in [-0.2, -0.15) is 10.5 Å². The lowest BCUT2D eigenvalue weighted by Crippen LogP contribution is -2.20. The normalized spacial score (nSPS) is 13.3. The van der Waals surface area contributed by atoms with Gasteiger partial charge in [0.1, 0.15) is 17.7 Å². The van der Waals surface area contributed by atoms with Crippen LogP contribution in [0.4, 0.5) is 11.4 Å². The maximum atomic E-state index is 9.11. The molecule has 0 amide bonds. The standard InChI is InChI=1S/C36H29N3S3/c1-36(2,3)25-11-13-26(14-12-25)39(28-15-16-35-33(19-28)32-9-4-5-10-34(32)42-35)27-7-6-8-29(18-27)41-31-20-30(40-23-31)17-24(21-37)22-38/h4-11,13,15-20,23H,12,14H2,1-3H3. The fourth-order valence-electron chi connectivity index (χ4n) is 5.29. The topological polar surface area (TPSA) is 50.8 Å². The van der Waals surface area contributed by atoms with Crippen molar-refractivity contribution in [1.29, 1.82) is 10.5 Å². The fraction of sp³-hybridized carbons (Fsp3) is 0.167. The molecule has 3 nitrogen and oxygen atoms in total. The zero-order chi connectivity index (χ0) is 29.3. The Morgan fingerprint density at radius 3 is 2.38 bits per heavy atom. The van der Waals surface area contributed by atoms with Crippen LogP contribution in [0, 0.1) is 28.1 Å². The van der Waals surface area contributed by atoms with E-state index in [1.165, 1.54) is 42.8 Å². The summed E-state index contributed by atoms with van der Waals surface area (Å²) < 4.78 is 2.61. The highest BCUT2D eigenvalue weighted by atomic mass is 32.2. The highest BCUT2D eigenvalue weighted by Gasteiger charge is 2.23. The minimum atomic E-state index is 0.117. The number of hydrogen-bond acceptors (Lipinski definition) is 6. The van der Waals surface area contributed by atoms with Crippen LogP contribution < -0.4 is 4.90 Å². The lowest BCUT2D eigenvalue weighted by atomic mass is 9.81. The summed E-state index contributed by atoms with van der Waals surface area (Å²) in [4.78, 5) is 5.54. The maximum absolute atomic E-state index is 9.11. The lowest BCUT2D eigenvalue weighted by Gasteiger charge is -2.32. The van der Waals surface area contributed by atoms with E-state index in [4.69, 9.17) is 10.5 Å². The predicted octanol–water partition coefficient (Wildman–Crippen LogP) is 11.5. The molecule has 1 aliphatic rings. The smallest absolute Gasteiger partial charge is 0.131 e. The first-order chi connectivity index (χ1) is 20.3. The Morgan fingerprint density at radius 1 is 0.833 bits per heavy atom. The van der Waals surface area contributed by atoms with E-state index in [9.17, 15) is 0 Å². The van der Waals surface area contributed by atoms with E-state index in [-0.39, 0.29) is 11.0 Å². The van der Waals surface area contributed by atoms with Gasteiger partial charge in [0.2, 0.25) is 0 Å². The van der Waals surface area contributed by atoms with Crippen molar-refractivity contribution >= 4 is 72.1 Å². The molecule has 0 saturated carbocycles. The molecular formula is C36H29N3S3. The molecule has 6 rings (SSSR count). The van der Waals surface area contributed by atoms with Crippen LogP contribution in [0.3, 0.4) is 0 Å². The van der Waals surface area contributed by atoms with E-state index in [1.54, 1.807) is 17.8 Å². The first-order valence-electron chi connectivity index (χ1n) is 13.8. The number of nitriles is 2. The molecule has 0 unspecified atom stereocenters. The summed E-state index contributed by atoms with van der Waals surface area (Å²) in [7, 11) is 0. The number of anilines is 2. The molecule has 0 atom stereocenters. The summed E-state index contributed by atoms with van der Waals surface area (Å²) in [6.45, 7) is 6.87. The third-order valence-corrected chi connectivity index (χ3v) is 10.6. The molecule has 0 fully saturated rings. The highest BCUT2D eigenvalue weighted by molar-refractivity contribution is 7.99. The molecule has 5 aromatic rings. The van der Waals surface area contributed by atoms with Gasteiger partial charge in [-0.1, -0.05) is 68.4 Å². The number of fused-ring (bicyclic) bond motifs is 3. The van der Waals surface area contributed by atoms with Crippen LogP contribution in [-0.2, 0) is 0 Å². The highest BCUT2D eigenvalue weighted by Crippen LogP contribution is 2.43. The molecule has 0 bridgehead atoms. The molecule has 0 aliphatic heterocycles. The van der Waals surface area contributed by atoms with Crippen LogP contribution >= 0.6 is 34.4 Å². The molecule has 2 aromatic heterocycles. The van der Waals surface area contributed by atoms with Crippen LogP contribution in [0.25, 0.3) is 26.2 Å². The van der Waals surface area contributed by atoms with Crippen molar-refractivity contribution in [1.82, 2.24) is 0 Å². The molecule has 3 aromatic carbocycles. The van der Waals surface area contributed by atoms with Gasteiger partial charge in [-0.05, 0) is 78.9 Å². The SMILES string of the molecule is CC(C)(C)C1=CC=C(N(c2cccc(Sc3csc(C=C(C#N)C#N)c3)c2)c2ccc3sc4ccccc4c3c2)CC1. The monoisotopic (exact) mass is 599 g/mol. The molecule has 2 heterocycles. The van der Waals surface area contributed by atoms with E-state index in [2.05, 4.69) is 110 Å². The first-order valence-corrected chi connectivity index (χ1v) is 16.3. The van der Waals surface area contributed by atoms with Gasteiger partial charge in [-0.25, -0.2) is 0 Å². The second kappa shape index (κ2) is 11.7. The number of thiophene rings is 2. The molecule has 0 saturated heterocycles. The first kappa shape index (κ1) is 28.1. The summed E-state index contributed by atoms with van der Waals surface area (Å²) in [6, 6.07) is 30.1. The molecular weight excluding hydrogens is 571 g/mol. The predicted molar refractivity (Wildman–Crippen MR) is 180 cm³/mol. The van der Waals surface area contributed by atoms with Crippen molar-refractivity contribution in [2.24, 2.45) is 5.41 Å². The number of allylic oxidation sites excluding steroid dienone is 5. The molecule has 0 radical (unpaired) electrons. The van der Waals surface area contributed by atoms with Gasteiger partial charge in [0.25, 0.3) is 0 Å². The Hall–Kier alpha value is -4.07. The molecule has 206 valence electrons. The summed E-state index contributed by atoms with van der Waals surface area (Å²) in [5.74, 6) is 0. The van der Waals surface area contributed by atoms with Gasteiger partial charge >= 0.3 is 0 Å². The Morgan fingerprint density at radius 2 is 1.62 bits per heavy atom.